The smallest absolute Gasteiger partial charge is 0.160 e. The molecule has 0 bridgehead atoms. The van der Waals surface area contributed by atoms with Crippen LogP contribution in [0.2, 0.25) is 0 Å². The number of ketones is 1. The van der Waals surface area contributed by atoms with Gasteiger partial charge in [-0.15, -0.1) is 0 Å². The monoisotopic (exact) mass is 209 g/mol. The highest BCUT2D eigenvalue weighted by atomic mass is 16.4. The molecule has 1 aromatic rings. The predicted octanol–water partition coefficient (Wildman–Crippen LogP) is 1.35. The second-order valence-electron chi connectivity index (χ2n) is 3.48. The molecular formula is C11H15NO3. The first-order valence-electron chi connectivity index (χ1n) is 4.68. The predicted molar refractivity (Wildman–Crippen MR) is 56.1 cm³/mol. The zero-order valence-corrected chi connectivity index (χ0v) is 8.88. The van der Waals surface area contributed by atoms with E-state index >= 15 is 0 Å². The molecule has 1 N–H and O–H groups in total. The van der Waals surface area contributed by atoms with E-state index in [1.165, 1.54) is 12.3 Å². The van der Waals surface area contributed by atoms with Crippen LogP contribution in [0.3, 0.4) is 0 Å². The van der Waals surface area contributed by atoms with Gasteiger partial charge in [-0.1, -0.05) is 0 Å². The highest BCUT2D eigenvalue weighted by Crippen LogP contribution is 2.16. The number of hydrogen-bond acceptors (Lipinski definition) is 4. The third-order valence-corrected chi connectivity index (χ3v) is 1.82. The summed E-state index contributed by atoms with van der Waals surface area (Å²) in [6.07, 6.45) is 3.74. The van der Waals surface area contributed by atoms with E-state index < -0.39 is 6.10 Å². The maximum atomic E-state index is 11.3. The van der Waals surface area contributed by atoms with Crippen molar-refractivity contribution >= 4 is 5.78 Å². The van der Waals surface area contributed by atoms with E-state index in [4.69, 9.17) is 4.42 Å². The van der Waals surface area contributed by atoms with Crippen LogP contribution in [0.4, 0.5) is 0 Å². The van der Waals surface area contributed by atoms with Crippen molar-refractivity contribution in [2.75, 3.05) is 14.1 Å². The fraction of sp³-hybridized carbons (Fsp3) is 0.364. The number of aliphatic hydroxyl groups is 1. The van der Waals surface area contributed by atoms with Gasteiger partial charge in [-0.05, 0) is 18.2 Å². The molecule has 0 fully saturated rings. The Balaban J connectivity index is 2.45. The van der Waals surface area contributed by atoms with Crippen molar-refractivity contribution in [3.05, 3.63) is 36.4 Å². The van der Waals surface area contributed by atoms with E-state index in [0.717, 1.165) is 0 Å². The number of allylic oxidation sites excluding steroid dienone is 1. The van der Waals surface area contributed by atoms with Crippen molar-refractivity contribution in [3.8, 4) is 0 Å². The van der Waals surface area contributed by atoms with Crippen molar-refractivity contribution < 1.29 is 14.3 Å². The molecule has 1 aromatic heterocycles. The first-order valence-corrected chi connectivity index (χ1v) is 4.68. The van der Waals surface area contributed by atoms with Gasteiger partial charge in [0.05, 0.1) is 6.26 Å². The van der Waals surface area contributed by atoms with Gasteiger partial charge in [0, 0.05) is 26.7 Å². The Labute approximate surface area is 88.8 Å². The number of carbonyl (C=O) groups excluding carboxylic acids is 1. The second-order valence-corrected chi connectivity index (χ2v) is 3.48. The fourth-order valence-electron chi connectivity index (χ4n) is 1.07. The molecule has 0 aromatic carbocycles. The number of hydrogen-bond donors (Lipinski definition) is 1. The standard InChI is InChI=1S/C11H15NO3/c1-12(2)6-5-9(13)8-10(14)11-4-3-7-15-11/h3-7,10,14H,8H2,1-2H3/b6-5+. The number of nitrogens with zero attached hydrogens (tertiary/aromatic N) is 1. The molecule has 1 heterocycles. The van der Waals surface area contributed by atoms with Crippen LogP contribution in [0.15, 0.2) is 35.1 Å². The van der Waals surface area contributed by atoms with Gasteiger partial charge in [-0.2, -0.15) is 0 Å². The third-order valence-electron chi connectivity index (χ3n) is 1.82. The molecule has 1 rings (SSSR count). The molecule has 0 spiro atoms. The van der Waals surface area contributed by atoms with Crippen LogP contribution < -0.4 is 0 Å². The first kappa shape index (κ1) is 11.5. The van der Waals surface area contributed by atoms with Crippen molar-refractivity contribution in [2.24, 2.45) is 0 Å². The lowest BCUT2D eigenvalue weighted by Crippen LogP contribution is -2.06. The molecule has 1 unspecified atom stereocenters. The van der Waals surface area contributed by atoms with Crippen molar-refractivity contribution in [3.63, 3.8) is 0 Å². The van der Waals surface area contributed by atoms with E-state index in [-0.39, 0.29) is 12.2 Å². The molecule has 4 heteroatoms. The van der Waals surface area contributed by atoms with Gasteiger partial charge in [0.25, 0.3) is 0 Å². The summed E-state index contributed by atoms with van der Waals surface area (Å²) in [5.74, 6) is 0.286. The molecule has 0 radical (unpaired) electrons. The summed E-state index contributed by atoms with van der Waals surface area (Å²) in [4.78, 5) is 13.1. The molecule has 1 atom stereocenters. The van der Waals surface area contributed by atoms with Gasteiger partial charge in [0.1, 0.15) is 11.9 Å². The Hall–Kier alpha value is -1.55. The highest BCUT2D eigenvalue weighted by Gasteiger charge is 2.13. The minimum atomic E-state index is -0.862. The van der Waals surface area contributed by atoms with Crippen LogP contribution in [-0.4, -0.2) is 29.9 Å². The van der Waals surface area contributed by atoms with Gasteiger partial charge in [0.15, 0.2) is 5.78 Å². The van der Waals surface area contributed by atoms with E-state index in [1.807, 2.05) is 14.1 Å². The van der Waals surface area contributed by atoms with Gasteiger partial charge in [-0.3, -0.25) is 4.79 Å². The van der Waals surface area contributed by atoms with Gasteiger partial charge < -0.3 is 14.4 Å². The Morgan fingerprint density at radius 3 is 2.93 bits per heavy atom. The largest absolute Gasteiger partial charge is 0.467 e. The van der Waals surface area contributed by atoms with Gasteiger partial charge >= 0.3 is 0 Å². The van der Waals surface area contributed by atoms with Crippen molar-refractivity contribution in [2.45, 2.75) is 12.5 Å². The Morgan fingerprint density at radius 2 is 2.40 bits per heavy atom. The Kier molecular flexibility index (Phi) is 4.12. The lowest BCUT2D eigenvalue weighted by Gasteiger charge is -2.05. The zero-order chi connectivity index (χ0) is 11.3. The van der Waals surface area contributed by atoms with Crippen LogP contribution in [0.25, 0.3) is 0 Å². The Bertz CT molecular complexity index is 328. The van der Waals surface area contributed by atoms with Crippen LogP contribution in [-0.2, 0) is 4.79 Å². The van der Waals surface area contributed by atoms with E-state index in [9.17, 15) is 9.90 Å². The number of aliphatic hydroxyl groups excluding tert-OH is 1. The SMILES string of the molecule is CN(C)/C=C/C(=O)CC(O)c1ccco1. The van der Waals surface area contributed by atoms with E-state index in [0.29, 0.717) is 5.76 Å². The number of furan rings is 1. The van der Waals surface area contributed by atoms with E-state index in [2.05, 4.69) is 0 Å². The molecule has 0 saturated heterocycles. The quantitative estimate of drug-likeness (QED) is 0.744. The highest BCUT2D eigenvalue weighted by molar-refractivity contribution is 5.89. The summed E-state index contributed by atoms with van der Waals surface area (Å²) >= 11 is 0. The average molecular weight is 209 g/mol. The summed E-state index contributed by atoms with van der Waals surface area (Å²) in [7, 11) is 3.65. The Morgan fingerprint density at radius 1 is 1.67 bits per heavy atom. The lowest BCUT2D eigenvalue weighted by atomic mass is 10.1. The molecule has 0 saturated carbocycles. The molecule has 82 valence electrons. The topological polar surface area (TPSA) is 53.7 Å². The maximum absolute atomic E-state index is 11.3. The molecule has 4 nitrogen and oxygen atoms in total. The van der Waals surface area contributed by atoms with Crippen molar-refractivity contribution in [1.82, 2.24) is 4.90 Å². The van der Waals surface area contributed by atoms with E-state index in [1.54, 1.807) is 23.2 Å². The summed E-state index contributed by atoms with van der Waals surface area (Å²) < 4.78 is 4.99. The first-order chi connectivity index (χ1) is 7.09. The average Bonchev–Trinajstić information content (AvgIpc) is 2.67. The van der Waals surface area contributed by atoms with Gasteiger partial charge in [-0.25, -0.2) is 0 Å². The molecule has 0 aliphatic rings. The van der Waals surface area contributed by atoms with Crippen LogP contribution in [0.1, 0.15) is 18.3 Å². The zero-order valence-electron chi connectivity index (χ0n) is 8.88. The molecule has 0 aliphatic carbocycles. The fourth-order valence-corrected chi connectivity index (χ4v) is 1.07. The minimum Gasteiger partial charge on any atom is -0.467 e. The maximum Gasteiger partial charge on any atom is 0.160 e. The summed E-state index contributed by atoms with van der Waals surface area (Å²) in [5, 5.41) is 9.58. The minimum absolute atomic E-state index is 0.0395. The summed E-state index contributed by atoms with van der Waals surface area (Å²) in [5.41, 5.74) is 0. The number of rotatable bonds is 5. The lowest BCUT2D eigenvalue weighted by molar-refractivity contribution is -0.116. The molecule has 0 aliphatic heterocycles. The van der Waals surface area contributed by atoms with Crippen molar-refractivity contribution in [1.29, 1.82) is 0 Å². The third kappa shape index (κ3) is 3.99. The van der Waals surface area contributed by atoms with Crippen LogP contribution in [0.5, 0.6) is 0 Å². The number of carbonyl (C=O) groups is 1. The van der Waals surface area contributed by atoms with Crippen LogP contribution >= 0.6 is 0 Å². The normalized spacial score (nSPS) is 13.0. The summed E-state index contributed by atoms with van der Waals surface area (Å²) in [6, 6.07) is 3.33. The van der Waals surface area contributed by atoms with Gasteiger partial charge in [0.2, 0.25) is 0 Å². The van der Waals surface area contributed by atoms with Crippen LogP contribution in [0, 0.1) is 0 Å². The molecular weight excluding hydrogens is 194 g/mol. The molecule has 0 amide bonds. The summed E-state index contributed by atoms with van der Waals surface area (Å²) in [6.45, 7) is 0. The second kappa shape index (κ2) is 5.36. The molecule has 15 heavy (non-hydrogen) atoms.